The summed E-state index contributed by atoms with van der Waals surface area (Å²) >= 11 is 0. The van der Waals surface area contributed by atoms with E-state index in [4.69, 9.17) is 18.7 Å². The number of nitrogens with zero attached hydrogens (tertiary/aromatic N) is 2. The van der Waals surface area contributed by atoms with Gasteiger partial charge >= 0.3 is 0 Å². The van der Waals surface area contributed by atoms with Gasteiger partial charge in [0.15, 0.2) is 17.3 Å². The molecular weight excluding hydrogens is 236 g/mol. The van der Waals surface area contributed by atoms with Crippen LogP contribution in [0.5, 0.6) is 17.2 Å². The minimum atomic E-state index is 0.380. The second-order valence-electron chi connectivity index (χ2n) is 3.53. The Kier molecular flexibility index (Phi) is 3.36. The van der Waals surface area contributed by atoms with Gasteiger partial charge in [-0.15, -0.1) is 0 Å². The van der Waals surface area contributed by atoms with Gasteiger partial charge in [0, 0.05) is 0 Å². The molecule has 6 heteroatoms. The Morgan fingerprint density at radius 2 is 1.72 bits per heavy atom. The molecule has 0 atom stereocenters. The first-order valence-electron chi connectivity index (χ1n) is 5.31. The lowest BCUT2D eigenvalue weighted by atomic mass is 10.1. The van der Waals surface area contributed by atoms with Gasteiger partial charge in [0.1, 0.15) is 0 Å². The standard InChI is InChI=1S/C12H14N2O4/c1-7-13-12(18-14-7)8-5-6-9(15-2)11(17-4)10(8)16-3/h5-6H,1-4H3. The molecular formula is C12H14N2O4. The number of ether oxygens (including phenoxy) is 3. The Hall–Kier alpha value is -2.24. The van der Waals surface area contributed by atoms with E-state index in [0.29, 0.717) is 34.5 Å². The van der Waals surface area contributed by atoms with Crippen molar-refractivity contribution in [2.45, 2.75) is 6.92 Å². The van der Waals surface area contributed by atoms with Crippen molar-refractivity contribution in [3.8, 4) is 28.7 Å². The van der Waals surface area contributed by atoms with Crippen molar-refractivity contribution in [2.24, 2.45) is 0 Å². The van der Waals surface area contributed by atoms with Gasteiger partial charge in [0.05, 0.1) is 26.9 Å². The van der Waals surface area contributed by atoms with Crippen molar-refractivity contribution < 1.29 is 18.7 Å². The minimum Gasteiger partial charge on any atom is -0.493 e. The third-order valence-corrected chi connectivity index (χ3v) is 2.46. The van der Waals surface area contributed by atoms with Crippen molar-refractivity contribution in [1.82, 2.24) is 10.1 Å². The lowest BCUT2D eigenvalue weighted by Gasteiger charge is -2.13. The zero-order chi connectivity index (χ0) is 13.1. The van der Waals surface area contributed by atoms with Crippen LogP contribution in [0.25, 0.3) is 11.5 Å². The van der Waals surface area contributed by atoms with Crippen molar-refractivity contribution >= 4 is 0 Å². The molecule has 1 aromatic heterocycles. The van der Waals surface area contributed by atoms with E-state index in [0.717, 1.165) is 0 Å². The summed E-state index contributed by atoms with van der Waals surface area (Å²) in [7, 11) is 4.65. The molecule has 0 bridgehead atoms. The number of aromatic nitrogens is 2. The van der Waals surface area contributed by atoms with Crippen LogP contribution in [0.4, 0.5) is 0 Å². The lowest BCUT2D eigenvalue weighted by Crippen LogP contribution is -1.97. The van der Waals surface area contributed by atoms with Crippen LogP contribution < -0.4 is 14.2 Å². The number of aryl methyl sites for hydroxylation is 1. The lowest BCUT2D eigenvalue weighted by molar-refractivity contribution is 0.324. The fourth-order valence-electron chi connectivity index (χ4n) is 1.68. The van der Waals surface area contributed by atoms with Crippen LogP contribution in [0.15, 0.2) is 16.7 Å². The highest BCUT2D eigenvalue weighted by molar-refractivity contribution is 5.71. The molecule has 0 aliphatic rings. The van der Waals surface area contributed by atoms with Gasteiger partial charge < -0.3 is 18.7 Å². The summed E-state index contributed by atoms with van der Waals surface area (Å²) in [6, 6.07) is 3.54. The predicted octanol–water partition coefficient (Wildman–Crippen LogP) is 2.07. The zero-order valence-corrected chi connectivity index (χ0v) is 10.7. The van der Waals surface area contributed by atoms with Gasteiger partial charge in [-0.3, -0.25) is 0 Å². The normalized spacial score (nSPS) is 10.2. The molecule has 0 aliphatic carbocycles. The van der Waals surface area contributed by atoms with Crippen LogP contribution in [-0.4, -0.2) is 31.5 Å². The van der Waals surface area contributed by atoms with E-state index in [1.807, 2.05) is 0 Å². The fourth-order valence-corrected chi connectivity index (χ4v) is 1.68. The van der Waals surface area contributed by atoms with Crippen LogP contribution in [-0.2, 0) is 0 Å². The largest absolute Gasteiger partial charge is 0.493 e. The second-order valence-corrected chi connectivity index (χ2v) is 3.53. The first kappa shape index (κ1) is 12.2. The number of benzene rings is 1. The fraction of sp³-hybridized carbons (Fsp3) is 0.333. The number of hydrogen-bond acceptors (Lipinski definition) is 6. The highest BCUT2D eigenvalue weighted by atomic mass is 16.5. The summed E-state index contributed by atoms with van der Waals surface area (Å²) in [4.78, 5) is 4.17. The molecule has 0 aliphatic heterocycles. The van der Waals surface area contributed by atoms with Crippen molar-refractivity contribution in [3.63, 3.8) is 0 Å². The maximum Gasteiger partial charge on any atom is 0.261 e. The van der Waals surface area contributed by atoms with Crippen molar-refractivity contribution in [1.29, 1.82) is 0 Å². The molecule has 2 aromatic rings. The van der Waals surface area contributed by atoms with Gasteiger partial charge in [0.25, 0.3) is 5.89 Å². The van der Waals surface area contributed by atoms with Crippen LogP contribution in [0.2, 0.25) is 0 Å². The van der Waals surface area contributed by atoms with E-state index in [-0.39, 0.29) is 0 Å². The Bertz CT molecular complexity index is 551. The van der Waals surface area contributed by atoms with Crippen LogP contribution >= 0.6 is 0 Å². The summed E-state index contributed by atoms with van der Waals surface area (Å²) in [5.74, 6) is 2.51. The Morgan fingerprint density at radius 3 is 2.22 bits per heavy atom. The quantitative estimate of drug-likeness (QED) is 0.827. The summed E-state index contributed by atoms with van der Waals surface area (Å²) < 4.78 is 21.0. The molecule has 0 amide bonds. The highest BCUT2D eigenvalue weighted by Gasteiger charge is 2.20. The minimum absolute atomic E-state index is 0.380. The average molecular weight is 250 g/mol. The van der Waals surface area contributed by atoms with E-state index in [9.17, 15) is 0 Å². The first-order valence-corrected chi connectivity index (χ1v) is 5.31. The van der Waals surface area contributed by atoms with E-state index in [2.05, 4.69) is 10.1 Å². The number of rotatable bonds is 4. The molecule has 0 saturated carbocycles. The molecule has 1 aromatic carbocycles. The van der Waals surface area contributed by atoms with Gasteiger partial charge in [0.2, 0.25) is 5.75 Å². The summed E-state index contributed by atoms with van der Waals surface area (Å²) in [5, 5.41) is 3.75. The van der Waals surface area contributed by atoms with Crippen LogP contribution in [0.3, 0.4) is 0 Å². The monoisotopic (exact) mass is 250 g/mol. The van der Waals surface area contributed by atoms with Crippen molar-refractivity contribution in [2.75, 3.05) is 21.3 Å². The Balaban J connectivity index is 2.61. The maximum absolute atomic E-state index is 5.34. The maximum atomic E-state index is 5.34. The molecule has 1 heterocycles. The zero-order valence-electron chi connectivity index (χ0n) is 10.7. The highest BCUT2D eigenvalue weighted by Crippen LogP contribution is 2.43. The van der Waals surface area contributed by atoms with E-state index < -0.39 is 0 Å². The summed E-state index contributed by atoms with van der Waals surface area (Å²) in [6.45, 7) is 1.75. The predicted molar refractivity (Wildman–Crippen MR) is 64.1 cm³/mol. The summed E-state index contributed by atoms with van der Waals surface area (Å²) in [6.07, 6.45) is 0. The summed E-state index contributed by atoms with van der Waals surface area (Å²) in [5.41, 5.74) is 0.663. The molecule has 96 valence electrons. The first-order chi connectivity index (χ1) is 8.71. The van der Waals surface area contributed by atoms with Crippen LogP contribution in [0.1, 0.15) is 5.82 Å². The number of hydrogen-bond donors (Lipinski definition) is 0. The van der Waals surface area contributed by atoms with Gasteiger partial charge in [-0.1, -0.05) is 5.16 Å². The molecule has 6 nitrogen and oxygen atoms in total. The SMILES string of the molecule is COc1ccc(-c2nc(C)no2)c(OC)c1OC. The molecule has 0 fully saturated rings. The number of methoxy groups -OCH3 is 3. The van der Waals surface area contributed by atoms with Gasteiger partial charge in [-0.25, -0.2) is 0 Å². The average Bonchev–Trinajstić information content (AvgIpc) is 2.83. The third-order valence-electron chi connectivity index (χ3n) is 2.46. The van der Waals surface area contributed by atoms with E-state index >= 15 is 0 Å². The molecule has 0 spiro atoms. The molecule has 2 rings (SSSR count). The Labute approximate surface area is 104 Å². The third kappa shape index (κ3) is 1.97. The smallest absolute Gasteiger partial charge is 0.261 e. The van der Waals surface area contributed by atoms with E-state index in [1.165, 1.54) is 0 Å². The topological polar surface area (TPSA) is 66.6 Å². The Morgan fingerprint density at radius 1 is 1.00 bits per heavy atom. The molecule has 0 radical (unpaired) electrons. The van der Waals surface area contributed by atoms with Gasteiger partial charge in [-0.2, -0.15) is 4.98 Å². The molecule has 18 heavy (non-hydrogen) atoms. The van der Waals surface area contributed by atoms with E-state index in [1.54, 1.807) is 40.4 Å². The van der Waals surface area contributed by atoms with Gasteiger partial charge in [-0.05, 0) is 19.1 Å². The van der Waals surface area contributed by atoms with Crippen molar-refractivity contribution in [3.05, 3.63) is 18.0 Å². The molecule has 0 unspecified atom stereocenters. The molecule has 0 saturated heterocycles. The molecule has 0 N–H and O–H groups in total. The second kappa shape index (κ2) is 4.95. The van der Waals surface area contributed by atoms with Crippen LogP contribution in [0, 0.1) is 6.92 Å².